The van der Waals surface area contributed by atoms with Crippen molar-refractivity contribution >= 4 is 17.6 Å². The third kappa shape index (κ3) is 4.76. The van der Waals surface area contributed by atoms with Crippen molar-refractivity contribution < 1.29 is 4.79 Å². The number of rotatable bonds is 3. The molecule has 0 unspecified atom stereocenters. The maximum atomic E-state index is 11.1. The molecule has 1 saturated heterocycles. The monoisotopic (exact) mass is 302 g/mol. The van der Waals surface area contributed by atoms with Crippen molar-refractivity contribution in [3.8, 4) is 0 Å². The fraction of sp³-hybridized carbons (Fsp3) is 0.529. The van der Waals surface area contributed by atoms with Crippen molar-refractivity contribution in [3.05, 3.63) is 29.8 Å². The first-order chi connectivity index (χ1) is 10.6. The van der Waals surface area contributed by atoms with Crippen molar-refractivity contribution in [1.29, 1.82) is 0 Å². The van der Waals surface area contributed by atoms with Gasteiger partial charge in [-0.25, -0.2) is 0 Å². The average molecular weight is 302 g/mol. The van der Waals surface area contributed by atoms with Crippen LogP contribution in [0.2, 0.25) is 0 Å². The Kier molecular flexibility index (Phi) is 5.81. The zero-order valence-corrected chi connectivity index (χ0v) is 13.7. The zero-order chi connectivity index (χ0) is 15.9. The minimum Gasteiger partial charge on any atom is -0.352 e. The molecule has 120 valence electrons. The summed E-state index contributed by atoms with van der Waals surface area (Å²) in [4.78, 5) is 17.8. The molecule has 1 aromatic rings. The number of carbonyl (C=O) groups is 1. The third-order valence-electron chi connectivity index (χ3n) is 3.99. The van der Waals surface area contributed by atoms with Crippen LogP contribution < -0.4 is 10.6 Å². The van der Waals surface area contributed by atoms with E-state index in [1.165, 1.54) is 19.8 Å². The number of nitrogens with zero attached hydrogens (tertiary/aromatic N) is 2. The van der Waals surface area contributed by atoms with Gasteiger partial charge >= 0.3 is 0 Å². The summed E-state index contributed by atoms with van der Waals surface area (Å²) in [6.45, 7) is 6.65. The summed E-state index contributed by atoms with van der Waals surface area (Å²) in [6.07, 6.45) is 2.44. The van der Waals surface area contributed by atoms with Crippen LogP contribution in [0.3, 0.4) is 0 Å². The molecule has 2 rings (SSSR count). The number of piperidine rings is 1. The van der Waals surface area contributed by atoms with Crippen LogP contribution in [-0.2, 0) is 11.3 Å². The Morgan fingerprint density at radius 1 is 1.36 bits per heavy atom. The quantitative estimate of drug-likeness (QED) is 0.666. The van der Waals surface area contributed by atoms with Crippen molar-refractivity contribution in [2.75, 3.05) is 25.5 Å². The molecule has 22 heavy (non-hydrogen) atoms. The van der Waals surface area contributed by atoms with Crippen LogP contribution in [0, 0.1) is 5.92 Å². The van der Waals surface area contributed by atoms with Gasteiger partial charge in [0.1, 0.15) is 0 Å². The third-order valence-corrected chi connectivity index (χ3v) is 3.99. The van der Waals surface area contributed by atoms with Crippen LogP contribution in [-0.4, -0.2) is 36.9 Å². The Labute approximate surface area is 132 Å². The van der Waals surface area contributed by atoms with Crippen molar-refractivity contribution in [2.45, 2.75) is 33.2 Å². The summed E-state index contributed by atoms with van der Waals surface area (Å²) < 4.78 is 0. The number of amides is 1. The Morgan fingerprint density at radius 3 is 2.73 bits per heavy atom. The van der Waals surface area contributed by atoms with Crippen molar-refractivity contribution in [1.82, 2.24) is 10.2 Å². The molecule has 0 saturated carbocycles. The van der Waals surface area contributed by atoms with Crippen molar-refractivity contribution in [3.63, 3.8) is 0 Å². The summed E-state index contributed by atoms with van der Waals surface area (Å²) in [7, 11) is 1.83. The second-order valence-corrected chi connectivity index (χ2v) is 5.95. The molecule has 0 bridgehead atoms. The van der Waals surface area contributed by atoms with E-state index in [1.807, 2.05) is 31.3 Å². The van der Waals surface area contributed by atoms with Gasteiger partial charge in [-0.15, -0.1) is 0 Å². The van der Waals surface area contributed by atoms with Gasteiger partial charge in [-0.1, -0.05) is 19.1 Å². The largest absolute Gasteiger partial charge is 0.352 e. The molecule has 1 heterocycles. The first kappa shape index (κ1) is 16.3. The molecule has 0 aromatic heterocycles. The molecule has 5 nitrogen and oxygen atoms in total. The topological polar surface area (TPSA) is 56.7 Å². The number of hydrogen-bond donors (Lipinski definition) is 2. The van der Waals surface area contributed by atoms with E-state index in [-0.39, 0.29) is 5.91 Å². The van der Waals surface area contributed by atoms with Crippen molar-refractivity contribution in [2.24, 2.45) is 10.9 Å². The summed E-state index contributed by atoms with van der Waals surface area (Å²) in [5, 5.41) is 6.22. The number of likely N-dealkylation sites (tertiary alicyclic amines) is 1. The van der Waals surface area contributed by atoms with Crippen LogP contribution in [0.25, 0.3) is 0 Å². The number of aliphatic imine (C=N–C) groups is 1. The van der Waals surface area contributed by atoms with E-state index in [9.17, 15) is 4.79 Å². The van der Waals surface area contributed by atoms with E-state index in [1.54, 1.807) is 0 Å². The predicted octanol–water partition coefficient (Wildman–Crippen LogP) is 2.45. The van der Waals surface area contributed by atoms with Gasteiger partial charge in [0, 0.05) is 39.3 Å². The van der Waals surface area contributed by atoms with Crippen LogP contribution in [0.4, 0.5) is 5.69 Å². The molecule has 0 aliphatic carbocycles. The lowest BCUT2D eigenvalue weighted by Gasteiger charge is -2.32. The van der Waals surface area contributed by atoms with Crippen LogP contribution in [0.15, 0.2) is 29.3 Å². The Bertz CT molecular complexity index is 533. The van der Waals surface area contributed by atoms with E-state index in [2.05, 4.69) is 27.4 Å². The molecule has 0 radical (unpaired) electrons. The summed E-state index contributed by atoms with van der Waals surface area (Å²) in [6, 6.07) is 7.88. The molecule has 0 spiro atoms. The number of nitrogens with one attached hydrogen (secondary N) is 2. The molecule has 0 atom stereocenters. The summed E-state index contributed by atoms with van der Waals surface area (Å²) >= 11 is 0. The molecule has 5 heteroatoms. The highest BCUT2D eigenvalue weighted by Crippen LogP contribution is 2.16. The summed E-state index contributed by atoms with van der Waals surface area (Å²) in [5.41, 5.74) is 1.95. The van der Waals surface area contributed by atoms with E-state index in [0.29, 0.717) is 6.54 Å². The molecule has 1 aliphatic heterocycles. The van der Waals surface area contributed by atoms with Crippen LogP contribution in [0.5, 0.6) is 0 Å². The van der Waals surface area contributed by atoms with E-state index < -0.39 is 0 Å². The first-order valence-corrected chi connectivity index (χ1v) is 7.90. The molecular formula is C17H26N4O. The lowest BCUT2D eigenvalue weighted by atomic mass is 9.99. The highest BCUT2D eigenvalue weighted by molar-refractivity contribution is 5.88. The van der Waals surface area contributed by atoms with Crippen LogP contribution >= 0.6 is 0 Å². The SMILES string of the molecule is CN=C(NCc1cccc(NC(C)=O)c1)N1CCC(C)CC1. The van der Waals surface area contributed by atoms with Crippen LogP contribution in [0.1, 0.15) is 32.3 Å². The fourth-order valence-electron chi connectivity index (χ4n) is 2.70. The smallest absolute Gasteiger partial charge is 0.221 e. The Hall–Kier alpha value is -2.04. The molecule has 1 fully saturated rings. The van der Waals surface area contributed by atoms with Gasteiger partial charge < -0.3 is 15.5 Å². The number of guanidine groups is 1. The molecule has 1 aromatic carbocycles. The highest BCUT2D eigenvalue weighted by atomic mass is 16.1. The Balaban J connectivity index is 1.92. The normalized spacial score (nSPS) is 16.5. The van der Waals surface area contributed by atoms with Gasteiger partial charge in [0.25, 0.3) is 0 Å². The maximum absolute atomic E-state index is 11.1. The average Bonchev–Trinajstić information content (AvgIpc) is 2.49. The number of benzene rings is 1. The second-order valence-electron chi connectivity index (χ2n) is 5.95. The number of anilines is 1. The lowest BCUT2D eigenvalue weighted by molar-refractivity contribution is -0.114. The zero-order valence-electron chi connectivity index (χ0n) is 13.7. The first-order valence-electron chi connectivity index (χ1n) is 7.90. The van der Waals surface area contributed by atoms with Gasteiger partial charge in [0.15, 0.2) is 5.96 Å². The minimum absolute atomic E-state index is 0.0524. The van der Waals surface area contributed by atoms with E-state index >= 15 is 0 Å². The van der Waals surface area contributed by atoms with Gasteiger partial charge in [-0.05, 0) is 36.5 Å². The number of carbonyl (C=O) groups excluding carboxylic acids is 1. The maximum Gasteiger partial charge on any atom is 0.221 e. The standard InChI is InChI=1S/C17H26N4O/c1-13-7-9-21(10-8-13)17(18-3)19-12-15-5-4-6-16(11-15)20-14(2)22/h4-6,11,13H,7-10,12H2,1-3H3,(H,18,19)(H,20,22). The van der Waals surface area contributed by atoms with E-state index in [0.717, 1.165) is 36.2 Å². The van der Waals surface area contributed by atoms with E-state index in [4.69, 9.17) is 0 Å². The lowest BCUT2D eigenvalue weighted by Crippen LogP contribution is -2.45. The summed E-state index contributed by atoms with van der Waals surface area (Å²) in [5.74, 6) is 1.71. The predicted molar refractivity (Wildman–Crippen MR) is 90.9 cm³/mol. The molecule has 2 N–H and O–H groups in total. The molecule has 1 amide bonds. The van der Waals surface area contributed by atoms with Gasteiger partial charge in [-0.3, -0.25) is 9.79 Å². The molecular weight excluding hydrogens is 276 g/mol. The van der Waals surface area contributed by atoms with Gasteiger partial charge in [0.05, 0.1) is 0 Å². The van der Waals surface area contributed by atoms with Gasteiger partial charge in [0.2, 0.25) is 5.91 Å². The fourth-order valence-corrected chi connectivity index (χ4v) is 2.70. The number of hydrogen-bond acceptors (Lipinski definition) is 2. The van der Waals surface area contributed by atoms with Gasteiger partial charge in [-0.2, -0.15) is 0 Å². The molecule has 1 aliphatic rings. The minimum atomic E-state index is -0.0524. The highest BCUT2D eigenvalue weighted by Gasteiger charge is 2.18. The second kappa shape index (κ2) is 7.82. The Morgan fingerprint density at radius 2 is 2.09 bits per heavy atom.